The number of hydrogen-bond acceptors (Lipinski definition) is 4. The zero-order chi connectivity index (χ0) is 17.2. The number of hydrogen-bond donors (Lipinski definition) is 1. The molecule has 2 rings (SSSR count). The van der Waals surface area contributed by atoms with Crippen LogP contribution in [-0.2, 0) is 9.53 Å². The lowest BCUT2D eigenvalue weighted by atomic mass is 9.96. The maximum Gasteiger partial charge on any atom is 0.410 e. The van der Waals surface area contributed by atoms with E-state index in [0.717, 1.165) is 32.2 Å². The number of rotatable bonds is 4. The van der Waals surface area contributed by atoms with Crippen molar-refractivity contribution in [2.75, 3.05) is 19.6 Å². The third-order valence-corrected chi connectivity index (χ3v) is 4.38. The van der Waals surface area contributed by atoms with Crippen LogP contribution < -0.4 is 5.73 Å². The van der Waals surface area contributed by atoms with E-state index < -0.39 is 11.6 Å². The standard InChI is InChI=1S/C17H31N3O3/c1-12(18)15(21)20(14-5-6-14)11-13-7-9-19(10-8-13)16(22)23-17(2,3)4/h12-14H,5-11,18H2,1-4H3. The summed E-state index contributed by atoms with van der Waals surface area (Å²) >= 11 is 0. The van der Waals surface area contributed by atoms with Gasteiger partial charge in [-0.1, -0.05) is 0 Å². The minimum absolute atomic E-state index is 0.0575. The van der Waals surface area contributed by atoms with E-state index in [2.05, 4.69) is 0 Å². The van der Waals surface area contributed by atoms with Gasteiger partial charge >= 0.3 is 6.09 Å². The number of piperidine rings is 1. The summed E-state index contributed by atoms with van der Waals surface area (Å²) in [6.45, 7) is 9.56. The van der Waals surface area contributed by atoms with Crippen molar-refractivity contribution >= 4 is 12.0 Å². The van der Waals surface area contributed by atoms with Gasteiger partial charge < -0.3 is 20.3 Å². The third-order valence-electron chi connectivity index (χ3n) is 4.38. The highest BCUT2D eigenvalue weighted by Gasteiger charge is 2.36. The number of nitrogens with two attached hydrogens (primary N) is 1. The van der Waals surface area contributed by atoms with Crippen LogP contribution >= 0.6 is 0 Å². The average molecular weight is 325 g/mol. The number of amides is 2. The first-order chi connectivity index (χ1) is 10.7. The zero-order valence-electron chi connectivity index (χ0n) is 14.9. The van der Waals surface area contributed by atoms with Crippen LogP contribution in [0.1, 0.15) is 53.4 Å². The second-order valence-corrected chi connectivity index (χ2v) is 7.92. The molecule has 0 aromatic rings. The molecular formula is C17H31N3O3. The molecule has 0 bridgehead atoms. The van der Waals surface area contributed by atoms with Gasteiger partial charge in [0.25, 0.3) is 0 Å². The summed E-state index contributed by atoms with van der Waals surface area (Å²) in [5, 5.41) is 0. The number of likely N-dealkylation sites (tertiary alicyclic amines) is 1. The summed E-state index contributed by atoms with van der Waals surface area (Å²) in [7, 11) is 0. The van der Waals surface area contributed by atoms with E-state index in [1.165, 1.54) is 0 Å². The lowest BCUT2D eigenvalue weighted by molar-refractivity contribution is -0.133. The van der Waals surface area contributed by atoms with Crippen LogP contribution in [0.3, 0.4) is 0 Å². The van der Waals surface area contributed by atoms with Crippen molar-refractivity contribution in [2.24, 2.45) is 11.7 Å². The van der Waals surface area contributed by atoms with E-state index in [1.54, 1.807) is 11.8 Å². The van der Waals surface area contributed by atoms with Crippen LogP contribution in [0.4, 0.5) is 4.79 Å². The summed E-state index contributed by atoms with van der Waals surface area (Å²) in [6, 6.07) is -0.0464. The Morgan fingerprint density at radius 1 is 1.22 bits per heavy atom. The van der Waals surface area contributed by atoms with Gasteiger partial charge in [0.15, 0.2) is 0 Å². The normalized spacial score (nSPS) is 21.0. The first kappa shape index (κ1) is 18.0. The summed E-state index contributed by atoms with van der Waals surface area (Å²) in [6.07, 6.45) is 3.77. The third kappa shape index (κ3) is 5.37. The molecule has 1 saturated carbocycles. The van der Waals surface area contributed by atoms with Gasteiger partial charge in [-0.2, -0.15) is 0 Å². The quantitative estimate of drug-likeness (QED) is 0.857. The van der Waals surface area contributed by atoms with Crippen molar-refractivity contribution in [3.63, 3.8) is 0 Å². The SMILES string of the molecule is CC(N)C(=O)N(CC1CCN(C(=O)OC(C)(C)C)CC1)C1CC1. The molecule has 1 heterocycles. The molecule has 0 aromatic heterocycles. The molecule has 1 unspecified atom stereocenters. The molecule has 2 amide bonds. The van der Waals surface area contributed by atoms with Crippen molar-refractivity contribution in [2.45, 2.75) is 71.1 Å². The Balaban J connectivity index is 1.82. The maximum absolute atomic E-state index is 12.2. The average Bonchev–Trinajstić information content (AvgIpc) is 3.27. The molecule has 1 aliphatic heterocycles. The van der Waals surface area contributed by atoms with Crippen LogP contribution in [0.5, 0.6) is 0 Å². The van der Waals surface area contributed by atoms with E-state index in [9.17, 15) is 9.59 Å². The molecule has 0 spiro atoms. The van der Waals surface area contributed by atoms with Crippen LogP contribution in [-0.4, -0.2) is 59.1 Å². The molecule has 132 valence electrons. The van der Waals surface area contributed by atoms with Crippen LogP contribution in [0, 0.1) is 5.92 Å². The van der Waals surface area contributed by atoms with Gasteiger partial charge in [-0.15, -0.1) is 0 Å². The Labute approximate surface area is 139 Å². The lowest BCUT2D eigenvalue weighted by Gasteiger charge is -2.36. The Bertz CT molecular complexity index is 433. The molecule has 1 atom stereocenters. The fourth-order valence-corrected chi connectivity index (χ4v) is 2.97. The molecule has 1 aliphatic carbocycles. The van der Waals surface area contributed by atoms with Gasteiger partial charge in [0, 0.05) is 25.7 Å². The molecule has 23 heavy (non-hydrogen) atoms. The molecule has 0 radical (unpaired) electrons. The largest absolute Gasteiger partial charge is 0.444 e. The minimum atomic E-state index is -0.458. The van der Waals surface area contributed by atoms with Gasteiger partial charge in [0.05, 0.1) is 6.04 Å². The van der Waals surface area contributed by atoms with E-state index in [1.807, 2.05) is 25.7 Å². The molecule has 2 fully saturated rings. The second kappa shape index (κ2) is 7.07. The predicted octanol–water partition coefficient (Wildman–Crippen LogP) is 1.97. The van der Waals surface area contributed by atoms with Gasteiger partial charge in [0.2, 0.25) is 5.91 Å². The highest BCUT2D eigenvalue weighted by Crippen LogP contribution is 2.30. The Morgan fingerprint density at radius 3 is 2.22 bits per heavy atom. The van der Waals surface area contributed by atoms with Gasteiger partial charge in [0.1, 0.15) is 5.60 Å². The zero-order valence-corrected chi connectivity index (χ0v) is 14.9. The number of carbonyl (C=O) groups excluding carboxylic acids is 2. The van der Waals surface area contributed by atoms with Crippen molar-refractivity contribution in [3.8, 4) is 0 Å². The first-order valence-corrected chi connectivity index (χ1v) is 8.71. The van der Waals surface area contributed by atoms with E-state index >= 15 is 0 Å². The van der Waals surface area contributed by atoms with Crippen LogP contribution in [0.2, 0.25) is 0 Å². The number of ether oxygens (including phenoxy) is 1. The second-order valence-electron chi connectivity index (χ2n) is 7.92. The first-order valence-electron chi connectivity index (χ1n) is 8.71. The topological polar surface area (TPSA) is 75.9 Å². The molecule has 2 N–H and O–H groups in total. The van der Waals surface area contributed by atoms with Gasteiger partial charge in [-0.3, -0.25) is 4.79 Å². The summed E-state index contributed by atoms with van der Waals surface area (Å²) in [5.41, 5.74) is 5.31. The predicted molar refractivity (Wildman–Crippen MR) is 88.9 cm³/mol. The molecule has 1 saturated heterocycles. The van der Waals surface area contributed by atoms with E-state index in [4.69, 9.17) is 10.5 Å². The molecule has 6 nitrogen and oxygen atoms in total. The smallest absolute Gasteiger partial charge is 0.410 e. The number of carbonyl (C=O) groups is 2. The lowest BCUT2D eigenvalue weighted by Crippen LogP contribution is -2.48. The minimum Gasteiger partial charge on any atom is -0.444 e. The summed E-state index contributed by atoms with van der Waals surface area (Å²) < 4.78 is 5.42. The molecule has 2 aliphatic rings. The van der Waals surface area contributed by atoms with E-state index in [0.29, 0.717) is 25.0 Å². The van der Waals surface area contributed by atoms with Crippen LogP contribution in [0.15, 0.2) is 0 Å². The fraction of sp³-hybridized carbons (Fsp3) is 0.882. The summed E-state index contributed by atoms with van der Waals surface area (Å²) in [4.78, 5) is 28.1. The van der Waals surface area contributed by atoms with Gasteiger partial charge in [-0.25, -0.2) is 4.79 Å². The Morgan fingerprint density at radius 2 is 1.78 bits per heavy atom. The maximum atomic E-state index is 12.2. The van der Waals surface area contributed by atoms with Crippen LogP contribution in [0.25, 0.3) is 0 Å². The van der Waals surface area contributed by atoms with Crippen molar-refractivity contribution in [1.29, 1.82) is 0 Å². The van der Waals surface area contributed by atoms with E-state index in [-0.39, 0.29) is 12.0 Å². The van der Waals surface area contributed by atoms with Gasteiger partial charge in [-0.05, 0) is 59.3 Å². The number of nitrogens with zero attached hydrogens (tertiary/aromatic N) is 2. The van der Waals surface area contributed by atoms with Crippen molar-refractivity contribution in [1.82, 2.24) is 9.80 Å². The molecular weight excluding hydrogens is 294 g/mol. The molecule has 6 heteroatoms. The summed E-state index contributed by atoms with van der Waals surface area (Å²) in [5.74, 6) is 0.499. The van der Waals surface area contributed by atoms with Crippen molar-refractivity contribution < 1.29 is 14.3 Å². The monoisotopic (exact) mass is 325 g/mol. The highest BCUT2D eigenvalue weighted by molar-refractivity contribution is 5.81. The fourth-order valence-electron chi connectivity index (χ4n) is 2.97. The Hall–Kier alpha value is -1.30. The Kier molecular flexibility index (Phi) is 5.55. The molecule has 0 aromatic carbocycles. The van der Waals surface area contributed by atoms with Crippen molar-refractivity contribution in [3.05, 3.63) is 0 Å². The highest BCUT2D eigenvalue weighted by atomic mass is 16.6.